The Bertz CT molecular complexity index is 554. The first-order chi connectivity index (χ1) is 11.0. The van der Waals surface area contributed by atoms with E-state index < -0.39 is 11.5 Å². The molecule has 0 bridgehead atoms. The summed E-state index contributed by atoms with van der Waals surface area (Å²) >= 11 is 6.01. The third-order valence-electron chi connectivity index (χ3n) is 5.36. The van der Waals surface area contributed by atoms with E-state index in [1.54, 1.807) is 0 Å². The molecule has 0 aliphatic carbocycles. The molecule has 0 radical (unpaired) electrons. The number of hydrogen-bond donors (Lipinski definition) is 1. The average Bonchev–Trinajstić information content (AvgIpc) is 2.58. The molecule has 4 nitrogen and oxygen atoms in total. The maximum absolute atomic E-state index is 13.3. The van der Waals surface area contributed by atoms with Crippen LogP contribution in [0, 0.1) is 5.92 Å². The van der Waals surface area contributed by atoms with Crippen LogP contribution in [0.15, 0.2) is 24.3 Å². The number of carbonyl (C=O) groups excluding carboxylic acids is 1. The van der Waals surface area contributed by atoms with E-state index in [0.29, 0.717) is 44.2 Å². The number of carbonyl (C=O) groups is 1. The van der Waals surface area contributed by atoms with E-state index in [-0.39, 0.29) is 11.8 Å². The minimum absolute atomic E-state index is 0.120. The second-order valence-electron chi connectivity index (χ2n) is 6.79. The van der Waals surface area contributed by atoms with Crippen molar-refractivity contribution in [2.45, 2.75) is 37.7 Å². The maximum atomic E-state index is 13.3. The van der Waals surface area contributed by atoms with Crippen LogP contribution in [0.3, 0.4) is 0 Å². The van der Waals surface area contributed by atoms with Gasteiger partial charge in [-0.3, -0.25) is 4.79 Å². The molecule has 2 fully saturated rings. The molecule has 1 aromatic carbocycles. The van der Waals surface area contributed by atoms with Crippen LogP contribution in [0.2, 0.25) is 5.02 Å². The number of rotatable bonds is 2. The highest BCUT2D eigenvalue weighted by molar-refractivity contribution is 6.30. The Kier molecular flexibility index (Phi) is 4.95. The minimum atomic E-state index is -0.552. The van der Waals surface area contributed by atoms with Crippen LogP contribution in [-0.2, 0) is 14.9 Å². The van der Waals surface area contributed by atoms with Crippen LogP contribution in [0.5, 0.6) is 0 Å². The summed E-state index contributed by atoms with van der Waals surface area (Å²) < 4.78 is 5.50. The van der Waals surface area contributed by atoms with Gasteiger partial charge in [0.1, 0.15) is 0 Å². The fourth-order valence-corrected chi connectivity index (χ4v) is 3.78. The van der Waals surface area contributed by atoms with Crippen molar-refractivity contribution in [3.63, 3.8) is 0 Å². The van der Waals surface area contributed by atoms with Gasteiger partial charge in [0.15, 0.2) is 0 Å². The van der Waals surface area contributed by atoms with E-state index in [0.717, 1.165) is 12.0 Å². The summed E-state index contributed by atoms with van der Waals surface area (Å²) in [4.78, 5) is 15.2. The maximum Gasteiger partial charge on any atom is 0.233 e. The third-order valence-corrected chi connectivity index (χ3v) is 5.61. The summed E-state index contributed by atoms with van der Waals surface area (Å²) in [5.74, 6) is 0.370. The molecule has 0 saturated carbocycles. The summed E-state index contributed by atoms with van der Waals surface area (Å²) in [7, 11) is 0. The topological polar surface area (TPSA) is 49.8 Å². The molecule has 1 amide bonds. The number of amides is 1. The van der Waals surface area contributed by atoms with Crippen molar-refractivity contribution >= 4 is 17.5 Å². The normalized spacial score (nSPS) is 27.7. The van der Waals surface area contributed by atoms with Gasteiger partial charge in [0, 0.05) is 31.3 Å². The molecule has 2 heterocycles. The van der Waals surface area contributed by atoms with Gasteiger partial charge in [0.2, 0.25) is 5.91 Å². The van der Waals surface area contributed by atoms with E-state index in [1.165, 1.54) is 0 Å². The van der Waals surface area contributed by atoms with Gasteiger partial charge >= 0.3 is 0 Å². The van der Waals surface area contributed by atoms with Gasteiger partial charge in [-0.15, -0.1) is 0 Å². The lowest BCUT2D eigenvalue weighted by Gasteiger charge is -2.43. The Morgan fingerprint density at radius 3 is 2.57 bits per heavy atom. The summed E-state index contributed by atoms with van der Waals surface area (Å²) in [6.07, 6.45) is 1.76. The Morgan fingerprint density at radius 2 is 1.96 bits per heavy atom. The third kappa shape index (κ3) is 3.25. The van der Waals surface area contributed by atoms with Crippen molar-refractivity contribution in [3.8, 4) is 0 Å². The first kappa shape index (κ1) is 16.7. The molecule has 3 rings (SSSR count). The van der Waals surface area contributed by atoms with Crippen LogP contribution < -0.4 is 0 Å². The zero-order chi connectivity index (χ0) is 16.4. The molecule has 1 N–H and O–H groups in total. The highest BCUT2D eigenvalue weighted by atomic mass is 35.5. The van der Waals surface area contributed by atoms with Gasteiger partial charge in [0.05, 0.1) is 11.5 Å². The van der Waals surface area contributed by atoms with E-state index in [1.807, 2.05) is 36.1 Å². The lowest BCUT2D eigenvalue weighted by atomic mass is 9.72. The quantitative estimate of drug-likeness (QED) is 0.902. The monoisotopic (exact) mass is 337 g/mol. The lowest BCUT2D eigenvalue weighted by Crippen LogP contribution is -2.54. The first-order valence-corrected chi connectivity index (χ1v) is 8.72. The molecule has 2 aliphatic rings. The number of nitrogens with zero attached hydrogens (tertiary/aromatic N) is 1. The summed E-state index contributed by atoms with van der Waals surface area (Å²) in [5, 5.41) is 10.8. The van der Waals surface area contributed by atoms with Crippen molar-refractivity contribution in [2.24, 2.45) is 5.92 Å². The van der Waals surface area contributed by atoms with E-state index >= 15 is 0 Å². The van der Waals surface area contributed by atoms with Crippen LogP contribution in [-0.4, -0.2) is 48.3 Å². The number of halogens is 1. The lowest BCUT2D eigenvalue weighted by molar-refractivity contribution is -0.145. The molecule has 1 aromatic rings. The SMILES string of the molecule is CC1CCN(C(=O)C2(c3ccc(Cl)cc3)CCOCC2)CC1O. The van der Waals surface area contributed by atoms with Crippen LogP contribution in [0.1, 0.15) is 31.7 Å². The summed E-state index contributed by atoms with van der Waals surface area (Å²) in [6.45, 7) is 4.35. The zero-order valence-corrected chi connectivity index (χ0v) is 14.3. The number of β-amino-alcohol motifs (C(OH)–C–C–N with tert-alkyl or cyclic N) is 1. The Labute approximate surface area is 142 Å². The van der Waals surface area contributed by atoms with E-state index in [4.69, 9.17) is 16.3 Å². The molecule has 23 heavy (non-hydrogen) atoms. The molecule has 5 heteroatoms. The number of hydrogen-bond acceptors (Lipinski definition) is 3. The average molecular weight is 338 g/mol. The van der Waals surface area contributed by atoms with E-state index in [9.17, 15) is 9.90 Å². The van der Waals surface area contributed by atoms with Crippen molar-refractivity contribution in [1.82, 2.24) is 4.90 Å². The molecule has 2 atom stereocenters. The fourth-order valence-electron chi connectivity index (χ4n) is 3.65. The molecule has 2 aliphatic heterocycles. The molecular formula is C18H24ClNO3. The standard InChI is InChI=1S/C18H24ClNO3/c1-13-6-9-20(12-16(13)21)17(22)18(7-10-23-11-8-18)14-2-4-15(19)5-3-14/h2-5,13,16,21H,6-12H2,1H3. The van der Waals surface area contributed by atoms with Crippen molar-refractivity contribution in [3.05, 3.63) is 34.9 Å². The van der Waals surface area contributed by atoms with Crippen molar-refractivity contribution in [2.75, 3.05) is 26.3 Å². The van der Waals surface area contributed by atoms with Gasteiger partial charge in [-0.25, -0.2) is 0 Å². The van der Waals surface area contributed by atoms with Gasteiger partial charge in [0.25, 0.3) is 0 Å². The number of piperidine rings is 1. The van der Waals surface area contributed by atoms with Crippen molar-refractivity contribution in [1.29, 1.82) is 0 Å². The minimum Gasteiger partial charge on any atom is -0.391 e. The van der Waals surface area contributed by atoms with Gasteiger partial charge in [-0.1, -0.05) is 30.7 Å². The van der Waals surface area contributed by atoms with Gasteiger partial charge in [-0.05, 0) is 42.9 Å². The molecule has 0 spiro atoms. The highest BCUT2D eigenvalue weighted by Crippen LogP contribution is 2.38. The Balaban J connectivity index is 1.89. The van der Waals surface area contributed by atoms with Crippen molar-refractivity contribution < 1.29 is 14.6 Å². The second kappa shape index (κ2) is 6.80. The molecule has 2 saturated heterocycles. The predicted molar refractivity (Wildman–Crippen MR) is 89.6 cm³/mol. The highest BCUT2D eigenvalue weighted by Gasteiger charge is 2.45. The number of aliphatic hydroxyl groups is 1. The van der Waals surface area contributed by atoms with E-state index in [2.05, 4.69) is 0 Å². The second-order valence-corrected chi connectivity index (χ2v) is 7.22. The van der Waals surface area contributed by atoms with Crippen LogP contribution >= 0.6 is 11.6 Å². The fraction of sp³-hybridized carbons (Fsp3) is 0.611. The Hall–Kier alpha value is -1.10. The Morgan fingerprint density at radius 1 is 1.30 bits per heavy atom. The summed E-state index contributed by atoms with van der Waals surface area (Å²) in [6, 6.07) is 7.59. The number of benzene rings is 1. The first-order valence-electron chi connectivity index (χ1n) is 8.34. The molecule has 126 valence electrons. The van der Waals surface area contributed by atoms with Crippen LogP contribution in [0.4, 0.5) is 0 Å². The summed E-state index contributed by atoms with van der Waals surface area (Å²) in [5.41, 5.74) is 0.451. The van der Waals surface area contributed by atoms with Gasteiger partial charge in [-0.2, -0.15) is 0 Å². The van der Waals surface area contributed by atoms with Crippen LogP contribution in [0.25, 0.3) is 0 Å². The largest absolute Gasteiger partial charge is 0.391 e. The van der Waals surface area contributed by atoms with Gasteiger partial charge < -0.3 is 14.7 Å². The smallest absolute Gasteiger partial charge is 0.233 e. The zero-order valence-electron chi connectivity index (χ0n) is 13.5. The predicted octanol–water partition coefficient (Wildman–Crippen LogP) is 2.62. The molecular weight excluding hydrogens is 314 g/mol. The number of likely N-dealkylation sites (tertiary alicyclic amines) is 1. The molecule has 2 unspecified atom stereocenters. The number of aliphatic hydroxyl groups excluding tert-OH is 1. The molecule has 0 aromatic heterocycles. The number of ether oxygens (including phenoxy) is 1.